The van der Waals surface area contributed by atoms with Crippen molar-refractivity contribution in [1.29, 1.82) is 0 Å². The Morgan fingerprint density at radius 2 is 2.32 bits per heavy atom. The summed E-state index contributed by atoms with van der Waals surface area (Å²) < 4.78 is 5.61. The van der Waals surface area contributed by atoms with Crippen molar-refractivity contribution < 1.29 is 9.53 Å². The summed E-state index contributed by atoms with van der Waals surface area (Å²) in [5.41, 5.74) is 8.01. The van der Waals surface area contributed by atoms with Gasteiger partial charge in [-0.2, -0.15) is 0 Å². The van der Waals surface area contributed by atoms with Crippen LogP contribution in [0.5, 0.6) is 0 Å². The van der Waals surface area contributed by atoms with Crippen molar-refractivity contribution >= 4 is 44.5 Å². The number of carbonyl (C=O) groups excluding carboxylic acids is 1. The summed E-state index contributed by atoms with van der Waals surface area (Å²) in [5.74, 6) is -0.418. The lowest BCUT2D eigenvalue weighted by Crippen LogP contribution is -2.01. The number of hydrogen-bond donors (Lipinski definition) is 1. The molecule has 0 amide bonds. The normalized spacial score (nSPS) is 10.8. The van der Waals surface area contributed by atoms with E-state index in [9.17, 15) is 4.79 Å². The Morgan fingerprint density at radius 1 is 1.47 bits per heavy atom. The van der Waals surface area contributed by atoms with Crippen LogP contribution in [0.4, 0.5) is 5.69 Å². The van der Waals surface area contributed by atoms with Gasteiger partial charge in [0.15, 0.2) is 0 Å². The maximum Gasteiger partial charge on any atom is 0.350 e. The van der Waals surface area contributed by atoms with Gasteiger partial charge in [0.2, 0.25) is 0 Å². The molecule has 4 nitrogen and oxygen atoms in total. The fourth-order valence-corrected chi connectivity index (χ4v) is 3.57. The molecule has 3 aromatic heterocycles. The molecule has 0 atom stereocenters. The SMILES string of the molecule is COC(=O)c1sc2cc(-c3cccs3)cnc2c1N. The first-order chi connectivity index (χ1) is 9.20. The van der Waals surface area contributed by atoms with Gasteiger partial charge in [-0.25, -0.2) is 4.79 Å². The van der Waals surface area contributed by atoms with Crippen LogP contribution in [0, 0.1) is 0 Å². The van der Waals surface area contributed by atoms with Crippen LogP contribution in [0.25, 0.3) is 20.7 Å². The summed E-state index contributed by atoms with van der Waals surface area (Å²) in [4.78, 5) is 17.5. The first-order valence-corrected chi connectivity index (χ1v) is 7.20. The number of pyridine rings is 1. The van der Waals surface area contributed by atoms with Crippen LogP contribution in [0.2, 0.25) is 0 Å². The average Bonchev–Trinajstić information content (AvgIpc) is 3.06. The Morgan fingerprint density at radius 3 is 3.00 bits per heavy atom. The second-order valence-electron chi connectivity index (χ2n) is 3.88. The molecule has 0 aromatic carbocycles. The zero-order valence-corrected chi connectivity index (χ0v) is 11.7. The van der Waals surface area contributed by atoms with E-state index in [2.05, 4.69) is 4.98 Å². The summed E-state index contributed by atoms with van der Waals surface area (Å²) in [5, 5.41) is 2.02. The van der Waals surface area contributed by atoms with E-state index in [-0.39, 0.29) is 0 Å². The Hall–Kier alpha value is -1.92. The molecular formula is C13H10N2O2S2. The first-order valence-electron chi connectivity index (χ1n) is 5.51. The predicted octanol–water partition coefficient (Wildman–Crippen LogP) is 3.39. The highest BCUT2D eigenvalue weighted by atomic mass is 32.1. The fraction of sp³-hybridized carbons (Fsp3) is 0.0769. The third-order valence-corrected chi connectivity index (χ3v) is 4.78. The number of nitrogen functional groups attached to an aromatic ring is 1. The molecule has 0 bridgehead atoms. The molecule has 2 N–H and O–H groups in total. The van der Waals surface area contributed by atoms with E-state index < -0.39 is 5.97 Å². The molecule has 0 saturated heterocycles. The van der Waals surface area contributed by atoms with Crippen LogP contribution in [-0.2, 0) is 4.74 Å². The molecule has 0 spiro atoms. The third-order valence-electron chi connectivity index (χ3n) is 2.74. The first kappa shape index (κ1) is 12.1. The minimum atomic E-state index is -0.418. The number of ether oxygens (including phenoxy) is 1. The van der Waals surface area contributed by atoms with Crippen LogP contribution in [0.15, 0.2) is 29.8 Å². The van der Waals surface area contributed by atoms with Crippen LogP contribution in [0.1, 0.15) is 9.67 Å². The monoisotopic (exact) mass is 290 g/mol. The van der Waals surface area contributed by atoms with E-state index in [1.165, 1.54) is 18.4 Å². The zero-order valence-electron chi connectivity index (χ0n) is 10.0. The highest BCUT2D eigenvalue weighted by molar-refractivity contribution is 7.21. The summed E-state index contributed by atoms with van der Waals surface area (Å²) in [6, 6.07) is 6.03. The van der Waals surface area contributed by atoms with Crippen molar-refractivity contribution in [3.05, 3.63) is 34.7 Å². The van der Waals surface area contributed by atoms with Gasteiger partial charge in [0.1, 0.15) is 10.4 Å². The quantitative estimate of drug-likeness (QED) is 0.735. The van der Waals surface area contributed by atoms with Gasteiger partial charge in [-0.05, 0) is 17.5 Å². The summed E-state index contributed by atoms with van der Waals surface area (Å²) in [7, 11) is 1.34. The number of nitrogens with zero attached hydrogens (tertiary/aromatic N) is 1. The molecule has 0 aliphatic heterocycles. The number of hydrogen-bond acceptors (Lipinski definition) is 6. The van der Waals surface area contributed by atoms with Crippen molar-refractivity contribution in [2.75, 3.05) is 12.8 Å². The van der Waals surface area contributed by atoms with Gasteiger partial charge in [0.05, 0.1) is 17.5 Å². The molecule has 3 aromatic rings. The number of rotatable bonds is 2. The number of anilines is 1. The number of nitrogens with two attached hydrogens (primary N) is 1. The van der Waals surface area contributed by atoms with Crippen molar-refractivity contribution in [1.82, 2.24) is 4.98 Å². The molecule has 0 fully saturated rings. The van der Waals surface area contributed by atoms with Crippen LogP contribution >= 0.6 is 22.7 Å². The Kier molecular flexibility index (Phi) is 2.96. The van der Waals surface area contributed by atoms with Crippen molar-refractivity contribution in [2.45, 2.75) is 0 Å². The van der Waals surface area contributed by atoms with Crippen LogP contribution < -0.4 is 5.73 Å². The van der Waals surface area contributed by atoms with E-state index in [4.69, 9.17) is 10.5 Å². The molecule has 0 aliphatic carbocycles. The highest BCUT2D eigenvalue weighted by Gasteiger charge is 2.18. The molecule has 0 saturated carbocycles. The zero-order chi connectivity index (χ0) is 13.4. The fourth-order valence-electron chi connectivity index (χ4n) is 1.82. The summed E-state index contributed by atoms with van der Waals surface area (Å²) in [6.45, 7) is 0. The third kappa shape index (κ3) is 1.98. The van der Waals surface area contributed by atoms with Crippen molar-refractivity contribution in [3.8, 4) is 10.4 Å². The molecule has 3 heterocycles. The second kappa shape index (κ2) is 4.64. The maximum atomic E-state index is 11.6. The lowest BCUT2D eigenvalue weighted by molar-refractivity contribution is 0.0607. The van der Waals surface area contributed by atoms with Gasteiger partial charge < -0.3 is 10.5 Å². The smallest absolute Gasteiger partial charge is 0.350 e. The molecule has 6 heteroatoms. The predicted molar refractivity (Wildman–Crippen MR) is 78.7 cm³/mol. The highest BCUT2D eigenvalue weighted by Crippen LogP contribution is 2.35. The lowest BCUT2D eigenvalue weighted by Gasteiger charge is -1.97. The number of esters is 1. The van der Waals surface area contributed by atoms with E-state index >= 15 is 0 Å². The van der Waals surface area contributed by atoms with Crippen molar-refractivity contribution in [3.63, 3.8) is 0 Å². The van der Waals surface area contributed by atoms with E-state index in [0.717, 1.165) is 15.1 Å². The van der Waals surface area contributed by atoms with E-state index in [1.807, 2.05) is 23.6 Å². The summed E-state index contributed by atoms with van der Waals surface area (Å²) in [6.07, 6.45) is 1.78. The van der Waals surface area contributed by atoms with Gasteiger partial charge in [-0.1, -0.05) is 6.07 Å². The molecule has 19 heavy (non-hydrogen) atoms. The standard InChI is InChI=1S/C13H10N2O2S2/c1-17-13(16)12-10(14)11-9(19-12)5-7(6-15-11)8-3-2-4-18-8/h2-6H,14H2,1H3. The topological polar surface area (TPSA) is 65.2 Å². The number of thiophene rings is 2. The summed E-state index contributed by atoms with van der Waals surface area (Å²) >= 11 is 2.96. The van der Waals surface area contributed by atoms with Crippen LogP contribution in [0.3, 0.4) is 0 Å². The lowest BCUT2D eigenvalue weighted by atomic mass is 10.2. The van der Waals surface area contributed by atoms with E-state index in [0.29, 0.717) is 16.1 Å². The van der Waals surface area contributed by atoms with Gasteiger partial charge in [-0.15, -0.1) is 22.7 Å². The second-order valence-corrected chi connectivity index (χ2v) is 5.88. The van der Waals surface area contributed by atoms with Crippen LogP contribution in [-0.4, -0.2) is 18.1 Å². The molecular weight excluding hydrogens is 280 g/mol. The molecule has 3 rings (SSSR count). The van der Waals surface area contributed by atoms with Gasteiger partial charge in [0, 0.05) is 16.6 Å². The van der Waals surface area contributed by atoms with Gasteiger partial charge >= 0.3 is 5.97 Å². The van der Waals surface area contributed by atoms with E-state index in [1.54, 1.807) is 17.5 Å². The maximum absolute atomic E-state index is 11.6. The Bertz CT molecular complexity index is 747. The minimum absolute atomic E-state index is 0.393. The number of aromatic nitrogens is 1. The van der Waals surface area contributed by atoms with Gasteiger partial charge in [0.25, 0.3) is 0 Å². The molecule has 0 unspecified atom stereocenters. The molecule has 96 valence electrons. The number of carbonyl (C=O) groups is 1. The number of fused-ring (bicyclic) bond motifs is 1. The van der Waals surface area contributed by atoms with Gasteiger partial charge in [-0.3, -0.25) is 4.98 Å². The molecule has 0 aliphatic rings. The average molecular weight is 290 g/mol. The Balaban J connectivity index is 2.17. The molecule has 0 radical (unpaired) electrons. The Labute approximate surface area is 117 Å². The minimum Gasteiger partial charge on any atom is -0.465 e. The number of methoxy groups -OCH3 is 1. The van der Waals surface area contributed by atoms with Crippen molar-refractivity contribution in [2.24, 2.45) is 0 Å². The largest absolute Gasteiger partial charge is 0.465 e.